The van der Waals surface area contributed by atoms with Crippen LogP contribution in [0.4, 0.5) is 5.69 Å². The number of carbonyl (C=O) groups is 1. The lowest BCUT2D eigenvalue weighted by Gasteiger charge is -2.16. The van der Waals surface area contributed by atoms with E-state index in [1.54, 1.807) is 19.2 Å². The Labute approximate surface area is 111 Å². The highest BCUT2D eigenvalue weighted by molar-refractivity contribution is 6.31. The molecule has 98 valence electrons. The molecule has 1 aromatic rings. The molecule has 1 aliphatic rings. The van der Waals surface area contributed by atoms with Gasteiger partial charge in [-0.05, 0) is 37.5 Å². The molecule has 0 bridgehead atoms. The van der Waals surface area contributed by atoms with E-state index in [9.17, 15) is 9.90 Å². The normalized spacial score (nSPS) is 16.2. The van der Waals surface area contributed by atoms with Crippen LogP contribution in [0.5, 0.6) is 5.75 Å². The van der Waals surface area contributed by atoms with Crippen molar-refractivity contribution >= 4 is 23.2 Å². The van der Waals surface area contributed by atoms with Gasteiger partial charge in [0.2, 0.25) is 5.91 Å². The first kappa shape index (κ1) is 13.2. The number of amides is 1. The van der Waals surface area contributed by atoms with Gasteiger partial charge in [-0.1, -0.05) is 11.6 Å². The van der Waals surface area contributed by atoms with Crippen molar-refractivity contribution in [2.45, 2.75) is 19.8 Å². The number of benzene rings is 1. The predicted molar refractivity (Wildman–Crippen MR) is 70.1 cm³/mol. The molecule has 0 heterocycles. The quantitative estimate of drug-likeness (QED) is 0.882. The van der Waals surface area contributed by atoms with Crippen LogP contribution >= 0.6 is 11.6 Å². The SMILES string of the molecule is COc1c(C)cc(Cl)cc1NC(=O)C1(CO)CC1. The Kier molecular flexibility index (Phi) is 3.50. The molecule has 1 amide bonds. The number of methoxy groups -OCH3 is 1. The molecule has 0 unspecified atom stereocenters. The monoisotopic (exact) mass is 269 g/mol. The summed E-state index contributed by atoms with van der Waals surface area (Å²) in [6.45, 7) is 1.74. The maximum Gasteiger partial charge on any atom is 0.233 e. The lowest BCUT2D eigenvalue weighted by molar-refractivity contribution is -0.122. The summed E-state index contributed by atoms with van der Waals surface area (Å²) < 4.78 is 5.26. The van der Waals surface area contributed by atoms with Gasteiger partial charge in [0.15, 0.2) is 0 Å². The first-order chi connectivity index (χ1) is 8.52. The summed E-state index contributed by atoms with van der Waals surface area (Å²) in [4.78, 5) is 12.0. The lowest BCUT2D eigenvalue weighted by Crippen LogP contribution is -2.27. The van der Waals surface area contributed by atoms with Crippen molar-refractivity contribution in [3.05, 3.63) is 22.7 Å². The average Bonchev–Trinajstić information content (AvgIpc) is 3.09. The van der Waals surface area contributed by atoms with Gasteiger partial charge in [-0.2, -0.15) is 0 Å². The summed E-state index contributed by atoms with van der Waals surface area (Å²) in [5, 5.41) is 12.6. The minimum atomic E-state index is -0.610. The summed E-state index contributed by atoms with van der Waals surface area (Å²) in [6.07, 6.45) is 1.44. The maximum absolute atomic E-state index is 12.0. The predicted octanol–water partition coefficient (Wildman–Crippen LogP) is 2.37. The number of hydrogen-bond acceptors (Lipinski definition) is 3. The molecule has 2 N–H and O–H groups in total. The second-order valence-corrected chi connectivity index (χ2v) is 5.13. The molecule has 1 saturated carbocycles. The van der Waals surface area contributed by atoms with E-state index in [-0.39, 0.29) is 12.5 Å². The van der Waals surface area contributed by atoms with Crippen LogP contribution in [0.3, 0.4) is 0 Å². The van der Waals surface area contributed by atoms with Gasteiger partial charge in [0.05, 0.1) is 24.8 Å². The van der Waals surface area contributed by atoms with Crippen molar-refractivity contribution in [2.75, 3.05) is 19.0 Å². The van der Waals surface area contributed by atoms with E-state index in [4.69, 9.17) is 16.3 Å². The molecule has 5 heteroatoms. The zero-order chi connectivity index (χ0) is 13.3. The van der Waals surface area contributed by atoms with Crippen molar-refractivity contribution < 1.29 is 14.6 Å². The molecule has 0 aliphatic heterocycles. The van der Waals surface area contributed by atoms with E-state index in [2.05, 4.69) is 5.32 Å². The van der Waals surface area contributed by atoms with E-state index >= 15 is 0 Å². The molecule has 1 aromatic carbocycles. The Hall–Kier alpha value is -1.26. The molecular weight excluding hydrogens is 254 g/mol. The van der Waals surface area contributed by atoms with Crippen LogP contribution in [-0.4, -0.2) is 24.7 Å². The molecule has 0 saturated heterocycles. The van der Waals surface area contributed by atoms with Gasteiger partial charge in [-0.3, -0.25) is 4.79 Å². The van der Waals surface area contributed by atoms with E-state index in [1.807, 2.05) is 6.92 Å². The fourth-order valence-electron chi connectivity index (χ4n) is 1.96. The van der Waals surface area contributed by atoms with Crippen LogP contribution in [-0.2, 0) is 4.79 Å². The Bertz CT molecular complexity index is 483. The molecule has 0 spiro atoms. The van der Waals surface area contributed by atoms with Crippen molar-refractivity contribution in [3.63, 3.8) is 0 Å². The van der Waals surface area contributed by atoms with Crippen LogP contribution in [0.25, 0.3) is 0 Å². The molecule has 2 rings (SSSR count). The van der Waals surface area contributed by atoms with Crippen molar-refractivity contribution in [3.8, 4) is 5.75 Å². The third kappa shape index (κ3) is 2.31. The van der Waals surface area contributed by atoms with Crippen molar-refractivity contribution in [1.82, 2.24) is 0 Å². The number of halogens is 1. The lowest BCUT2D eigenvalue weighted by atomic mass is 10.1. The van der Waals surface area contributed by atoms with Crippen molar-refractivity contribution in [2.24, 2.45) is 5.41 Å². The van der Waals surface area contributed by atoms with Gasteiger partial charge in [0.1, 0.15) is 5.75 Å². The Balaban J connectivity index is 2.26. The minimum Gasteiger partial charge on any atom is -0.494 e. The van der Waals surface area contributed by atoms with E-state index in [1.165, 1.54) is 0 Å². The summed E-state index contributed by atoms with van der Waals surface area (Å²) in [7, 11) is 1.55. The summed E-state index contributed by atoms with van der Waals surface area (Å²) in [6, 6.07) is 3.42. The van der Waals surface area contributed by atoms with Gasteiger partial charge in [-0.25, -0.2) is 0 Å². The zero-order valence-electron chi connectivity index (χ0n) is 10.4. The largest absolute Gasteiger partial charge is 0.494 e. The number of aliphatic hydroxyl groups excluding tert-OH is 1. The first-order valence-electron chi connectivity index (χ1n) is 5.79. The second-order valence-electron chi connectivity index (χ2n) is 4.70. The fourth-order valence-corrected chi connectivity index (χ4v) is 2.23. The van der Waals surface area contributed by atoms with Crippen LogP contribution in [0, 0.1) is 12.3 Å². The highest BCUT2D eigenvalue weighted by Gasteiger charge is 2.49. The number of hydrogen-bond donors (Lipinski definition) is 2. The van der Waals surface area contributed by atoms with Crippen LogP contribution < -0.4 is 10.1 Å². The van der Waals surface area contributed by atoms with Crippen molar-refractivity contribution in [1.29, 1.82) is 0 Å². The van der Waals surface area contributed by atoms with Crippen LogP contribution in [0.15, 0.2) is 12.1 Å². The number of ether oxygens (including phenoxy) is 1. The first-order valence-corrected chi connectivity index (χ1v) is 6.17. The number of rotatable bonds is 4. The molecule has 0 radical (unpaired) electrons. The molecule has 4 nitrogen and oxygen atoms in total. The van der Waals surface area contributed by atoms with E-state index in [0.717, 1.165) is 18.4 Å². The molecule has 0 aromatic heterocycles. The third-order valence-corrected chi connectivity index (χ3v) is 3.55. The summed E-state index contributed by atoms with van der Waals surface area (Å²) in [5.41, 5.74) is 0.794. The van der Waals surface area contributed by atoms with Gasteiger partial charge in [0.25, 0.3) is 0 Å². The Morgan fingerprint density at radius 3 is 2.72 bits per heavy atom. The second kappa shape index (κ2) is 4.78. The van der Waals surface area contributed by atoms with Gasteiger partial charge < -0.3 is 15.2 Å². The van der Waals surface area contributed by atoms with Crippen LogP contribution in [0.2, 0.25) is 5.02 Å². The highest BCUT2D eigenvalue weighted by Crippen LogP contribution is 2.46. The summed E-state index contributed by atoms with van der Waals surface area (Å²) >= 11 is 5.97. The minimum absolute atomic E-state index is 0.124. The standard InChI is InChI=1S/C13H16ClNO3/c1-8-5-9(14)6-10(11(8)18-2)15-12(17)13(7-16)3-4-13/h5-6,16H,3-4,7H2,1-2H3,(H,15,17). The number of nitrogens with one attached hydrogen (secondary N) is 1. The Morgan fingerprint density at radius 2 is 2.22 bits per heavy atom. The van der Waals surface area contributed by atoms with Crippen LogP contribution in [0.1, 0.15) is 18.4 Å². The molecule has 1 fully saturated rings. The molecule has 0 atom stereocenters. The number of anilines is 1. The Morgan fingerprint density at radius 1 is 1.56 bits per heavy atom. The van der Waals surface area contributed by atoms with E-state index in [0.29, 0.717) is 16.5 Å². The van der Waals surface area contributed by atoms with E-state index < -0.39 is 5.41 Å². The molecule has 18 heavy (non-hydrogen) atoms. The third-order valence-electron chi connectivity index (χ3n) is 3.33. The topological polar surface area (TPSA) is 58.6 Å². The fraction of sp³-hybridized carbons (Fsp3) is 0.462. The maximum atomic E-state index is 12.0. The van der Waals surface area contributed by atoms with Gasteiger partial charge in [0, 0.05) is 5.02 Å². The number of aryl methyl sites for hydroxylation is 1. The zero-order valence-corrected chi connectivity index (χ0v) is 11.2. The number of carbonyl (C=O) groups excluding carboxylic acids is 1. The average molecular weight is 270 g/mol. The van der Waals surface area contributed by atoms with Gasteiger partial charge in [-0.15, -0.1) is 0 Å². The molecule has 1 aliphatic carbocycles. The number of aliphatic hydroxyl groups is 1. The summed E-state index contributed by atoms with van der Waals surface area (Å²) in [5.74, 6) is 0.423. The highest BCUT2D eigenvalue weighted by atomic mass is 35.5. The smallest absolute Gasteiger partial charge is 0.233 e. The molecular formula is C13H16ClNO3. The van der Waals surface area contributed by atoms with Gasteiger partial charge >= 0.3 is 0 Å².